The van der Waals surface area contributed by atoms with Gasteiger partial charge in [0.1, 0.15) is 54.1 Å². The van der Waals surface area contributed by atoms with Gasteiger partial charge in [0.2, 0.25) is 82.7 Å². The highest BCUT2D eigenvalue weighted by Gasteiger charge is 2.41. The second-order valence-electron chi connectivity index (χ2n) is 20.3. The highest BCUT2D eigenvalue weighted by atomic mass is 33.1. The Morgan fingerprint density at radius 2 is 1.22 bits per heavy atom. The Bertz CT molecular complexity index is 2770. The van der Waals surface area contributed by atoms with Crippen molar-refractivity contribution in [2.45, 2.75) is 119 Å². The minimum Gasteiger partial charge on any atom is -0.508 e. The molecule has 31 nitrogen and oxygen atoms in total. The molecule has 0 saturated carbocycles. The molecule has 2 aliphatic heterocycles. The third-order valence-corrected chi connectivity index (χ3v) is 15.8. The van der Waals surface area contributed by atoms with Crippen LogP contribution in [0.3, 0.4) is 0 Å². The number of rotatable bonds is 27. The number of aromatic hydroxyl groups is 1. The number of nitrogens with two attached hydrogens (primary N) is 4. The molecule has 0 radical (unpaired) electrons. The SMILES string of the molecule is CCNCC(=O)NCC(=O)NCC(=O)NC1CSSCC(C(=O)N2CCCC2C(=O)NC(CCCCN)C(=O)NCC(N)=O)NC(=O)C(CC(N)=O)NC(=O)C(CCC(N)=O)NC(=O)C(Cc2ccccc2)NC(=O)C(Cc2ccc(O)cc2)NC1=O. The molecular weight excluding hydrogens is 1180 g/mol. The molecule has 0 bridgehead atoms. The Morgan fingerprint density at radius 3 is 1.84 bits per heavy atom. The van der Waals surface area contributed by atoms with Gasteiger partial charge in [0, 0.05) is 37.3 Å². The van der Waals surface area contributed by atoms with Crippen LogP contribution in [0.2, 0.25) is 0 Å². The van der Waals surface area contributed by atoms with Crippen molar-refractivity contribution in [3.8, 4) is 5.75 Å². The number of carbonyl (C=O) groups excluding carboxylic acids is 14. The highest BCUT2D eigenvalue weighted by Crippen LogP contribution is 2.26. The molecule has 2 aliphatic rings. The van der Waals surface area contributed by atoms with Crippen molar-refractivity contribution in [3.63, 3.8) is 0 Å². The molecule has 0 aromatic heterocycles. The lowest BCUT2D eigenvalue weighted by Gasteiger charge is -2.31. The van der Waals surface area contributed by atoms with Crippen LogP contribution >= 0.6 is 21.6 Å². The Kier molecular flexibility index (Phi) is 30.2. The van der Waals surface area contributed by atoms with Gasteiger partial charge < -0.3 is 91.4 Å². The molecule has 2 fully saturated rings. The maximum Gasteiger partial charge on any atom is 0.246 e. The lowest BCUT2D eigenvalue weighted by molar-refractivity contribution is -0.142. The van der Waals surface area contributed by atoms with Crippen LogP contribution in [0.25, 0.3) is 0 Å². The van der Waals surface area contributed by atoms with Crippen LogP contribution < -0.4 is 81.4 Å². The first-order chi connectivity index (χ1) is 41.5. The van der Waals surface area contributed by atoms with Gasteiger partial charge in [-0.3, -0.25) is 67.1 Å². The van der Waals surface area contributed by atoms with Crippen LogP contribution in [-0.2, 0) is 80.0 Å². The van der Waals surface area contributed by atoms with Crippen LogP contribution in [0.4, 0.5) is 0 Å². The smallest absolute Gasteiger partial charge is 0.246 e. The summed E-state index contributed by atoms with van der Waals surface area (Å²) >= 11 is 0. The lowest BCUT2D eigenvalue weighted by atomic mass is 10.0. The topological polar surface area (TPSA) is 499 Å². The Hall–Kier alpha value is -8.56. The van der Waals surface area contributed by atoms with E-state index in [2.05, 4.69) is 58.5 Å². The first-order valence-corrected chi connectivity index (χ1v) is 30.5. The van der Waals surface area contributed by atoms with Crippen LogP contribution in [0.1, 0.15) is 69.4 Å². The largest absolute Gasteiger partial charge is 0.508 e. The quantitative estimate of drug-likeness (QED) is 0.0292. The van der Waals surface area contributed by atoms with E-state index in [1.807, 2.05) is 0 Å². The molecule has 0 aliphatic carbocycles. The number of likely N-dealkylation sites (N-methyl/N-ethyl adjacent to an activating group) is 1. The van der Waals surface area contributed by atoms with Crippen molar-refractivity contribution in [3.05, 3.63) is 65.7 Å². The number of hydrogen-bond acceptors (Lipinski definition) is 19. The molecule has 87 heavy (non-hydrogen) atoms. The predicted molar refractivity (Wildman–Crippen MR) is 317 cm³/mol. The number of nitrogens with zero attached hydrogens (tertiary/aromatic N) is 1. The Balaban J connectivity index is 1.80. The number of phenols is 1. The lowest BCUT2D eigenvalue weighted by Crippen LogP contribution is -2.61. The second-order valence-corrected chi connectivity index (χ2v) is 22.8. The van der Waals surface area contributed by atoms with E-state index in [9.17, 15) is 72.2 Å². The normalized spacial score (nSPS) is 21.0. The number of hydrogen-bond donors (Lipinski definition) is 16. The van der Waals surface area contributed by atoms with E-state index in [-0.39, 0.29) is 63.2 Å². The van der Waals surface area contributed by atoms with E-state index < -0.39 is 176 Å². The molecule has 2 aromatic carbocycles. The zero-order valence-corrected chi connectivity index (χ0v) is 49.6. The summed E-state index contributed by atoms with van der Waals surface area (Å²) in [6.45, 7) is 0.667. The zero-order valence-electron chi connectivity index (χ0n) is 48.0. The molecule has 8 atom stereocenters. The predicted octanol–water partition coefficient (Wildman–Crippen LogP) is -6.33. The van der Waals surface area contributed by atoms with Crippen molar-refractivity contribution in [2.75, 3.05) is 57.3 Å². The van der Waals surface area contributed by atoms with Crippen molar-refractivity contribution in [1.82, 2.24) is 63.4 Å². The summed E-state index contributed by atoms with van der Waals surface area (Å²) in [7, 11) is 1.75. The standard InChI is InChI=1S/C54H78N16O15S2/c1-2-59-25-44(75)60-26-45(76)61-27-46(77)63-38-28-86-87-29-39(54(85)70-20-8-12-40(70)53(84)65-33(11-6-7-19-55)47(78)62-24-43(58)74)69-51(82)37(23-42(57)73)68-48(79)34(17-18-41(56)72)64-49(80)35(21-30-9-4-3-5-10-30)66-50(81)36(67-52(38)83)22-31-13-15-32(71)16-14-31/h3-5,9-10,13-16,33-40,59,71H,2,6-8,11-12,17-29,55H2,1H3,(H2,56,72)(H2,57,73)(H2,58,74)(H,60,75)(H,61,76)(H,62,78)(H,63,77)(H,64,80)(H,65,84)(H,66,81)(H,67,83)(H,68,79)(H,69,82). The van der Waals surface area contributed by atoms with Gasteiger partial charge in [-0.2, -0.15) is 0 Å². The van der Waals surface area contributed by atoms with E-state index in [1.54, 1.807) is 37.3 Å². The number of likely N-dealkylation sites (tertiary alicyclic amines) is 1. The molecule has 14 amide bonds. The highest BCUT2D eigenvalue weighted by molar-refractivity contribution is 8.76. The summed E-state index contributed by atoms with van der Waals surface area (Å²) in [5.74, 6) is -13.5. The van der Waals surface area contributed by atoms with E-state index in [4.69, 9.17) is 22.9 Å². The number of primary amides is 3. The van der Waals surface area contributed by atoms with Gasteiger partial charge >= 0.3 is 0 Å². The summed E-state index contributed by atoms with van der Waals surface area (Å²) in [5, 5.41) is 37.9. The minimum absolute atomic E-state index is 0.0487. The summed E-state index contributed by atoms with van der Waals surface area (Å²) in [6.07, 6.45) is -1.10. The maximum absolute atomic E-state index is 14.9. The summed E-state index contributed by atoms with van der Waals surface area (Å²) in [4.78, 5) is 191. The zero-order chi connectivity index (χ0) is 64.0. The van der Waals surface area contributed by atoms with Gasteiger partial charge in [0.25, 0.3) is 0 Å². The van der Waals surface area contributed by atoms with Crippen molar-refractivity contribution < 1.29 is 72.2 Å². The number of unbranched alkanes of at least 4 members (excludes halogenated alkanes) is 1. The number of benzene rings is 2. The van der Waals surface area contributed by atoms with Gasteiger partial charge in [0.15, 0.2) is 0 Å². The second kappa shape index (κ2) is 37.1. The van der Waals surface area contributed by atoms with Gasteiger partial charge in [0.05, 0.1) is 32.6 Å². The molecule has 476 valence electrons. The molecule has 4 rings (SSSR count). The van der Waals surface area contributed by atoms with Gasteiger partial charge in [-0.25, -0.2) is 0 Å². The molecule has 8 unspecified atom stereocenters. The Labute approximate surface area is 509 Å². The summed E-state index contributed by atoms with van der Waals surface area (Å²) in [5.41, 5.74) is 22.9. The van der Waals surface area contributed by atoms with Crippen molar-refractivity contribution in [2.24, 2.45) is 22.9 Å². The van der Waals surface area contributed by atoms with E-state index >= 15 is 0 Å². The van der Waals surface area contributed by atoms with Crippen LogP contribution in [0.15, 0.2) is 54.6 Å². The van der Waals surface area contributed by atoms with Crippen LogP contribution in [-0.4, -0.2) is 198 Å². The monoisotopic (exact) mass is 1250 g/mol. The number of nitrogens with one attached hydrogen (secondary N) is 11. The average molecular weight is 1260 g/mol. The van der Waals surface area contributed by atoms with Crippen LogP contribution in [0, 0.1) is 0 Å². The summed E-state index contributed by atoms with van der Waals surface area (Å²) in [6, 6.07) is 1.55. The average Bonchev–Trinajstić information content (AvgIpc) is 2.85. The molecule has 20 N–H and O–H groups in total. The number of phenolic OH excluding ortho intramolecular Hbond substituents is 1. The molecular formula is C54H78N16O15S2. The fourth-order valence-corrected chi connectivity index (χ4v) is 11.2. The maximum atomic E-state index is 14.9. The Morgan fingerprint density at radius 1 is 0.644 bits per heavy atom. The molecule has 0 spiro atoms. The third kappa shape index (κ3) is 25.5. The summed E-state index contributed by atoms with van der Waals surface area (Å²) < 4.78 is 0. The fourth-order valence-electron chi connectivity index (χ4n) is 8.85. The molecule has 2 saturated heterocycles. The third-order valence-electron chi connectivity index (χ3n) is 13.4. The number of carbonyl (C=O) groups is 14. The molecule has 2 aromatic rings. The number of amides is 14. The van der Waals surface area contributed by atoms with E-state index in [0.29, 0.717) is 30.5 Å². The minimum atomic E-state index is -1.87. The van der Waals surface area contributed by atoms with Gasteiger partial charge in [-0.15, -0.1) is 0 Å². The van der Waals surface area contributed by atoms with Crippen molar-refractivity contribution >= 4 is 104 Å². The van der Waals surface area contributed by atoms with E-state index in [0.717, 1.165) is 26.5 Å². The molecule has 2 heterocycles. The first-order valence-electron chi connectivity index (χ1n) is 28.0. The molecule has 33 heteroatoms. The van der Waals surface area contributed by atoms with Crippen molar-refractivity contribution in [1.29, 1.82) is 0 Å². The van der Waals surface area contributed by atoms with Gasteiger partial charge in [-0.05, 0) is 74.9 Å². The first kappa shape index (κ1) is 70.9. The van der Waals surface area contributed by atoms with E-state index in [1.165, 1.54) is 24.3 Å². The fraction of sp³-hybridized carbons (Fsp3) is 0.519. The van der Waals surface area contributed by atoms with Crippen LogP contribution in [0.5, 0.6) is 5.75 Å². The van der Waals surface area contributed by atoms with Gasteiger partial charge in [-0.1, -0.05) is 71.0 Å².